The number of piperidine rings is 2. The number of carbonyl (C=O) groups is 3. The van der Waals surface area contributed by atoms with Crippen LogP contribution in [0.25, 0.3) is 0 Å². The number of likely N-dealkylation sites (tertiary alicyclic amines) is 2. The van der Waals surface area contributed by atoms with Crippen LogP contribution in [0.2, 0.25) is 0 Å². The van der Waals surface area contributed by atoms with E-state index < -0.39 is 0 Å². The normalized spacial score (nSPS) is 18.0. The van der Waals surface area contributed by atoms with Crippen molar-refractivity contribution in [2.45, 2.75) is 39.5 Å². The van der Waals surface area contributed by atoms with Crippen molar-refractivity contribution in [2.75, 3.05) is 46.4 Å². The fourth-order valence-corrected chi connectivity index (χ4v) is 4.62. The summed E-state index contributed by atoms with van der Waals surface area (Å²) in [7, 11) is 1.61. The van der Waals surface area contributed by atoms with Crippen molar-refractivity contribution in [3.63, 3.8) is 0 Å². The molecule has 2 heterocycles. The Bertz CT molecular complexity index is 760. The highest BCUT2D eigenvalue weighted by Crippen LogP contribution is 2.26. The number of ether oxygens (including phenoxy) is 1. The molecule has 7 heteroatoms. The van der Waals surface area contributed by atoms with Crippen molar-refractivity contribution < 1.29 is 19.1 Å². The minimum absolute atomic E-state index is 0.0189. The van der Waals surface area contributed by atoms with Gasteiger partial charge in [0.15, 0.2) is 5.78 Å². The summed E-state index contributed by atoms with van der Waals surface area (Å²) in [5.74, 6) is 1.02. The number of carbonyl (C=O) groups excluding carboxylic acids is 3. The summed E-state index contributed by atoms with van der Waals surface area (Å²) in [6.45, 7) is 7.92. The number of urea groups is 1. The molecule has 1 aromatic rings. The van der Waals surface area contributed by atoms with Crippen LogP contribution in [0.1, 0.15) is 49.9 Å². The molecule has 7 nitrogen and oxygen atoms in total. The van der Waals surface area contributed by atoms with E-state index in [2.05, 4.69) is 0 Å². The van der Waals surface area contributed by atoms with Crippen LogP contribution >= 0.6 is 0 Å². The molecule has 0 radical (unpaired) electrons. The predicted octanol–water partition coefficient (Wildman–Crippen LogP) is 3.29. The third-order valence-electron chi connectivity index (χ3n) is 6.70. The first-order chi connectivity index (χ1) is 15.0. The monoisotopic (exact) mass is 429 g/mol. The van der Waals surface area contributed by atoms with Crippen molar-refractivity contribution in [2.24, 2.45) is 11.8 Å². The molecule has 2 aliphatic rings. The summed E-state index contributed by atoms with van der Waals surface area (Å²) in [5, 5.41) is 0. The van der Waals surface area contributed by atoms with E-state index >= 15 is 0 Å². The zero-order valence-electron chi connectivity index (χ0n) is 19.0. The summed E-state index contributed by atoms with van der Waals surface area (Å²) >= 11 is 0. The van der Waals surface area contributed by atoms with Crippen LogP contribution in [0.15, 0.2) is 24.3 Å². The fourth-order valence-electron chi connectivity index (χ4n) is 4.62. The van der Waals surface area contributed by atoms with Gasteiger partial charge in [-0.2, -0.15) is 0 Å². The third kappa shape index (κ3) is 5.38. The lowest BCUT2D eigenvalue weighted by Gasteiger charge is -2.38. The summed E-state index contributed by atoms with van der Waals surface area (Å²) < 4.78 is 5.16. The van der Waals surface area contributed by atoms with Crippen LogP contribution in [-0.4, -0.2) is 78.8 Å². The minimum Gasteiger partial charge on any atom is -0.497 e. The first kappa shape index (κ1) is 23.1. The summed E-state index contributed by atoms with van der Waals surface area (Å²) in [5.41, 5.74) is 0.704. The topological polar surface area (TPSA) is 70.2 Å². The Morgan fingerprint density at radius 3 is 1.90 bits per heavy atom. The number of methoxy groups -OCH3 is 1. The average Bonchev–Trinajstić information content (AvgIpc) is 2.84. The average molecular weight is 430 g/mol. The van der Waals surface area contributed by atoms with Gasteiger partial charge in [0.25, 0.3) is 0 Å². The molecule has 2 fully saturated rings. The lowest BCUT2D eigenvalue weighted by molar-refractivity contribution is -0.138. The van der Waals surface area contributed by atoms with Crippen molar-refractivity contribution in [1.29, 1.82) is 0 Å². The van der Waals surface area contributed by atoms with Gasteiger partial charge in [-0.05, 0) is 63.8 Å². The Morgan fingerprint density at radius 1 is 0.871 bits per heavy atom. The second-order valence-electron chi connectivity index (χ2n) is 8.41. The standard InChI is InChI=1S/C24H35N3O4/c1-4-25(5-2)24(30)27-16-12-20(13-17-27)23(29)26-14-10-19(11-15-26)22(28)18-6-8-21(31-3)9-7-18/h6-9,19-20H,4-5,10-17H2,1-3H3. The van der Waals surface area contributed by atoms with Gasteiger partial charge in [0.1, 0.15) is 5.75 Å². The number of hydrogen-bond donors (Lipinski definition) is 0. The van der Waals surface area contributed by atoms with Crippen LogP contribution in [0, 0.1) is 11.8 Å². The number of hydrogen-bond acceptors (Lipinski definition) is 4. The van der Waals surface area contributed by atoms with Gasteiger partial charge < -0.3 is 19.4 Å². The molecule has 170 valence electrons. The highest BCUT2D eigenvalue weighted by atomic mass is 16.5. The second kappa shape index (κ2) is 10.6. The third-order valence-corrected chi connectivity index (χ3v) is 6.70. The lowest BCUT2D eigenvalue weighted by atomic mass is 9.87. The summed E-state index contributed by atoms with van der Waals surface area (Å²) in [6.07, 6.45) is 2.85. The van der Waals surface area contributed by atoms with Gasteiger partial charge >= 0.3 is 6.03 Å². The summed E-state index contributed by atoms with van der Waals surface area (Å²) in [6, 6.07) is 7.32. The molecular formula is C24H35N3O4. The van der Waals surface area contributed by atoms with Crippen LogP contribution in [0.5, 0.6) is 5.75 Å². The quantitative estimate of drug-likeness (QED) is 0.651. The Morgan fingerprint density at radius 2 is 1.39 bits per heavy atom. The molecule has 0 bridgehead atoms. The Labute approximate surface area is 185 Å². The Hall–Kier alpha value is -2.57. The molecule has 2 aliphatic heterocycles. The predicted molar refractivity (Wildman–Crippen MR) is 119 cm³/mol. The number of ketones is 1. The van der Waals surface area contributed by atoms with Gasteiger partial charge in [-0.1, -0.05) is 0 Å². The van der Waals surface area contributed by atoms with Crippen molar-refractivity contribution >= 4 is 17.7 Å². The van der Waals surface area contributed by atoms with Crippen molar-refractivity contribution in [3.05, 3.63) is 29.8 Å². The van der Waals surface area contributed by atoms with Crippen LogP contribution in [0.4, 0.5) is 4.79 Å². The Balaban J connectivity index is 1.47. The zero-order valence-corrected chi connectivity index (χ0v) is 19.0. The molecule has 0 unspecified atom stereocenters. The Kier molecular flexibility index (Phi) is 7.93. The maximum atomic E-state index is 13.0. The van der Waals surface area contributed by atoms with E-state index in [0.29, 0.717) is 57.7 Å². The fraction of sp³-hybridized carbons (Fsp3) is 0.625. The molecule has 2 saturated heterocycles. The zero-order chi connectivity index (χ0) is 22.4. The number of rotatable bonds is 6. The molecule has 0 atom stereocenters. The maximum absolute atomic E-state index is 13.0. The largest absolute Gasteiger partial charge is 0.497 e. The molecule has 31 heavy (non-hydrogen) atoms. The smallest absolute Gasteiger partial charge is 0.319 e. The molecule has 0 saturated carbocycles. The first-order valence-electron chi connectivity index (χ1n) is 11.5. The minimum atomic E-state index is -0.0361. The van der Waals surface area contributed by atoms with E-state index in [4.69, 9.17) is 4.74 Å². The lowest BCUT2D eigenvalue weighted by Crippen LogP contribution is -2.50. The van der Waals surface area contributed by atoms with E-state index in [0.717, 1.165) is 18.6 Å². The molecule has 1 aromatic carbocycles. The SMILES string of the molecule is CCN(CC)C(=O)N1CCC(C(=O)N2CCC(C(=O)c3ccc(OC)cc3)CC2)CC1. The second-order valence-corrected chi connectivity index (χ2v) is 8.41. The summed E-state index contributed by atoms with van der Waals surface area (Å²) in [4.78, 5) is 43.9. The molecule has 0 aromatic heterocycles. The van der Waals surface area contributed by atoms with Gasteiger partial charge in [0.2, 0.25) is 5.91 Å². The van der Waals surface area contributed by atoms with E-state index in [-0.39, 0.29) is 29.6 Å². The van der Waals surface area contributed by atoms with Gasteiger partial charge in [0, 0.05) is 56.7 Å². The van der Waals surface area contributed by atoms with E-state index in [1.807, 2.05) is 52.8 Å². The number of benzene rings is 1. The van der Waals surface area contributed by atoms with E-state index in [1.165, 1.54) is 0 Å². The maximum Gasteiger partial charge on any atom is 0.319 e. The molecule has 3 rings (SSSR count). The number of Topliss-reactive ketones (excluding diaryl/α,β-unsaturated/α-hetero) is 1. The first-order valence-corrected chi connectivity index (χ1v) is 11.5. The highest BCUT2D eigenvalue weighted by molar-refractivity contribution is 5.98. The van der Waals surface area contributed by atoms with Crippen LogP contribution in [-0.2, 0) is 4.79 Å². The van der Waals surface area contributed by atoms with Gasteiger partial charge in [-0.25, -0.2) is 4.79 Å². The van der Waals surface area contributed by atoms with Crippen molar-refractivity contribution in [1.82, 2.24) is 14.7 Å². The van der Waals surface area contributed by atoms with Crippen LogP contribution in [0.3, 0.4) is 0 Å². The number of nitrogens with zero attached hydrogens (tertiary/aromatic N) is 3. The highest BCUT2D eigenvalue weighted by Gasteiger charge is 2.34. The molecule has 0 aliphatic carbocycles. The number of amides is 3. The van der Waals surface area contributed by atoms with Crippen molar-refractivity contribution in [3.8, 4) is 5.75 Å². The van der Waals surface area contributed by atoms with Gasteiger partial charge in [-0.15, -0.1) is 0 Å². The van der Waals surface area contributed by atoms with Gasteiger partial charge in [-0.3, -0.25) is 9.59 Å². The molecule has 0 N–H and O–H groups in total. The molecule has 3 amide bonds. The molecular weight excluding hydrogens is 394 g/mol. The van der Waals surface area contributed by atoms with Crippen LogP contribution < -0.4 is 4.74 Å². The van der Waals surface area contributed by atoms with E-state index in [9.17, 15) is 14.4 Å². The van der Waals surface area contributed by atoms with Gasteiger partial charge in [0.05, 0.1) is 7.11 Å². The molecule has 0 spiro atoms. The van der Waals surface area contributed by atoms with E-state index in [1.54, 1.807) is 7.11 Å².